The van der Waals surface area contributed by atoms with E-state index < -0.39 is 0 Å². The van der Waals surface area contributed by atoms with E-state index in [-0.39, 0.29) is 6.04 Å². The van der Waals surface area contributed by atoms with Gasteiger partial charge in [0.15, 0.2) is 23.0 Å². The molecule has 0 saturated carbocycles. The van der Waals surface area contributed by atoms with Crippen LogP contribution in [0.3, 0.4) is 0 Å². The third kappa shape index (κ3) is 3.80. The Morgan fingerprint density at radius 3 is 2.00 bits per heavy atom. The van der Waals surface area contributed by atoms with Crippen molar-refractivity contribution in [3.05, 3.63) is 45.4 Å². The molecular formula is C22H29BrNO4+. The first-order chi connectivity index (χ1) is 13.3. The normalized spacial score (nSPS) is 17.6. The minimum absolute atomic E-state index is 0.290. The van der Waals surface area contributed by atoms with Gasteiger partial charge in [0, 0.05) is 22.9 Å². The maximum absolute atomic E-state index is 5.58. The van der Waals surface area contributed by atoms with E-state index >= 15 is 0 Å². The quantitative estimate of drug-likeness (QED) is 0.611. The molecule has 5 nitrogen and oxygen atoms in total. The summed E-state index contributed by atoms with van der Waals surface area (Å²) in [5.74, 6) is 3.04. The second-order valence-corrected chi connectivity index (χ2v) is 8.53. The van der Waals surface area contributed by atoms with Crippen LogP contribution >= 0.6 is 15.9 Å². The Morgan fingerprint density at radius 1 is 0.857 bits per heavy atom. The number of rotatable bonds is 6. The van der Waals surface area contributed by atoms with Gasteiger partial charge in [0.1, 0.15) is 6.04 Å². The van der Waals surface area contributed by atoms with Crippen LogP contribution in [0.4, 0.5) is 0 Å². The fourth-order valence-corrected chi connectivity index (χ4v) is 4.51. The van der Waals surface area contributed by atoms with Gasteiger partial charge in [-0.05, 0) is 35.4 Å². The van der Waals surface area contributed by atoms with Gasteiger partial charge in [-0.1, -0.05) is 15.9 Å². The summed E-state index contributed by atoms with van der Waals surface area (Å²) in [5.41, 5.74) is 3.84. The lowest BCUT2D eigenvalue weighted by atomic mass is 9.87. The number of benzene rings is 2. The average Bonchev–Trinajstić information content (AvgIpc) is 2.69. The highest BCUT2D eigenvalue weighted by Crippen LogP contribution is 2.43. The maximum Gasteiger partial charge on any atom is 0.161 e. The zero-order valence-corrected chi connectivity index (χ0v) is 19.1. The van der Waals surface area contributed by atoms with Crippen molar-refractivity contribution in [2.75, 3.05) is 49.1 Å². The van der Waals surface area contributed by atoms with E-state index in [2.05, 4.69) is 48.2 Å². The third-order valence-corrected chi connectivity index (χ3v) is 6.51. The Bertz CT molecular complexity index is 866. The molecule has 3 rings (SSSR count). The van der Waals surface area contributed by atoms with Crippen molar-refractivity contribution in [2.24, 2.45) is 0 Å². The van der Waals surface area contributed by atoms with Gasteiger partial charge in [0.2, 0.25) is 0 Å². The van der Waals surface area contributed by atoms with Crippen molar-refractivity contribution in [3.63, 3.8) is 0 Å². The van der Waals surface area contributed by atoms with E-state index in [9.17, 15) is 0 Å². The molecule has 28 heavy (non-hydrogen) atoms. The predicted molar refractivity (Wildman–Crippen MR) is 114 cm³/mol. The molecule has 2 aromatic carbocycles. The topological polar surface area (TPSA) is 36.9 Å². The minimum Gasteiger partial charge on any atom is -0.493 e. The molecule has 0 bridgehead atoms. The van der Waals surface area contributed by atoms with Gasteiger partial charge in [-0.15, -0.1) is 0 Å². The summed E-state index contributed by atoms with van der Waals surface area (Å²) in [6.45, 7) is 1.07. The third-order valence-electron chi connectivity index (χ3n) is 5.77. The Balaban J connectivity index is 2.07. The molecule has 1 heterocycles. The van der Waals surface area contributed by atoms with Crippen molar-refractivity contribution >= 4 is 15.9 Å². The van der Waals surface area contributed by atoms with E-state index in [0.717, 1.165) is 51.3 Å². The lowest BCUT2D eigenvalue weighted by Gasteiger charge is -2.43. The number of halogens is 1. The average molecular weight is 451 g/mol. The predicted octanol–water partition coefficient (Wildman–Crippen LogP) is 4.40. The highest BCUT2D eigenvalue weighted by Gasteiger charge is 2.37. The largest absolute Gasteiger partial charge is 0.493 e. The van der Waals surface area contributed by atoms with Crippen LogP contribution in [0, 0.1) is 0 Å². The number of quaternary nitrogens is 1. The van der Waals surface area contributed by atoms with Gasteiger partial charge in [0.25, 0.3) is 0 Å². The Labute approximate surface area is 175 Å². The first kappa shape index (κ1) is 20.8. The summed E-state index contributed by atoms with van der Waals surface area (Å²) >= 11 is 3.72. The summed E-state index contributed by atoms with van der Waals surface area (Å²) in [4.78, 5) is 0. The van der Waals surface area contributed by atoms with Gasteiger partial charge in [-0.2, -0.15) is 0 Å². The molecule has 2 aromatic rings. The molecule has 0 N–H and O–H groups in total. The van der Waals surface area contributed by atoms with E-state index in [1.165, 1.54) is 16.7 Å². The van der Waals surface area contributed by atoms with Gasteiger partial charge >= 0.3 is 0 Å². The van der Waals surface area contributed by atoms with Crippen LogP contribution in [0.1, 0.15) is 22.7 Å². The molecule has 0 amide bonds. The van der Waals surface area contributed by atoms with Gasteiger partial charge in [-0.3, -0.25) is 0 Å². The number of ether oxygens (including phenoxy) is 4. The molecule has 0 aromatic heterocycles. The van der Waals surface area contributed by atoms with Crippen molar-refractivity contribution in [3.8, 4) is 23.0 Å². The molecule has 0 aliphatic carbocycles. The molecule has 0 unspecified atom stereocenters. The molecule has 1 aliphatic heterocycles. The van der Waals surface area contributed by atoms with Gasteiger partial charge in [0.05, 0.1) is 49.1 Å². The van der Waals surface area contributed by atoms with Crippen molar-refractivity contribution < 1.29 is 23.4 Å². The van der Waals surface area contributed by atoms with Crippen molar-refractivity contribution in [1.82, 2.24) is 0 Å². The standard InChI is InChI=1S/C22H29BrNO4/c1-24(2)8-7-14-10-19(25-3)21(27-5)12-16(14)18(24)9-15-11-20(26-4)22(28-6)13-17(15)23/h10-13,18H,7-9H2,1-6H3/q+1/t18-/m0/s1. The van der Waals surface area contributed by atoms with Gasteiger partial charge < -0.3 is 23.4 Å². The van der Waals surface area contributed by atoms with Crippen LogP contribution in [-0.2, 0) is 12.8 Å². The fraction of sp³-hybridized carbons (Fsp3) is 0.455. The highest BCUT2D eigenvalue weighted by molar-refractivity contribution is 9.10. The summed E-state index contributed by atoms with van der Waals surface area (Å²) in [6.07, 6.45) is 1.89. The molecule has 1 aliphatic rings. The van der Waals surface area contributed by atoms with Crippen LogP contribution in [0.15, 0.2) is 28.7 Å². The molecule has 6 heteroatoms. The Hall–Kier alpha value is -1.92. The van der Waals surface area contributed by atoms with E-state index in [1.54, 1.807) is 28.4 Å². The second kappa shape index (κ2) is 8.21. The SMILES string of the molecule is COc1cc(Br)c(C[C@H]2c3cc(OC)c(OC)cc3CC[N+]2(C)C)cc1OC. The van der Waals surface area contributed by atoms with Gasteiger partial charge in [-0.25, -0.2) is 0 Å². The molecule has 1 atom stereocenters. The number of hydrogen-bond acceptors (Lipinski definition) is 4. The van der Waals surface area contributed by atoms with E-state index in [0.29, 0.717) is 0 Å². The number of nitrogens with zero attached hydrogens (tertiary/aromatic N) is 1. The first-order valence-corrected chi connectivity index (χ1v) is 10.1. The van der Waals surface area contributed by atoms with Crippen LogP contribution < -0.4 is 18.9 Å². The molecule has 0 spiro atoms. The maximum atomic E-state index is 5.58. The lowest BCUT2D eigenvalue weighted by molar-refractivity contribution is -0.923. The zero-order chi connectivity index (χ0) is 20.5. The van der Waals surface area contributed by atoms with Crippen LogP contribution in [0.2, 0.25) is 0 Å². The lowest BCUT2D eigenvalue weighted by Crippen LogP contribution is -2.48. The fourth-order valence-electron chi connectivity index (χ4n) is 4.02. The number of methoxy groups -OCH3 is 4. The minimum atomic E-state index is 0.290. The monoisotopic (exact) mass is 450 g/mol. The molecule has 0 radical (unpaired) electrons. The molecule has 0 fully saturated rings. The summed E-state index contributed by atoms with van der Waals surface area (Å²) < 4.78 is 24.0. The molecule has 0 saturated heterocycles. The number of hydrogen-bond donors (Lipinski definition) is 0. The smallest absolute Gasteiger partial charge is 0.161 e. The summed E-state index contributed by atoms with van der Waals surface area (Å²) in [5, 5.41) is 0. The Morgan fingerprint density at radius 2 is 1.39 bits per heavy atom. The Kier molecular flexibility index (Phi) is 6.10. The zero-order valence-electron chi connectivity index (χ0n) is 17.5. The van der Waals surface area contributed by atoms with Crippen molar-refractivity contribution in [2.45, 2.75) is 18.9 Å². The highest BCUT2D eigenvalue weighted by atomic mass is 79.9. The second-order valence-electron chi connectivity index (χ2n) is 7.68. The first-order valence-electron chi connectivity index (χ1n) is 9.32. The molecule has 152 valence electrons. The number of fused-ring (bicyclic) bond motifs is 1. The van der Waals surface area contributed by atoms with Crippen LogP contribution in [0.5, 0.6) is 23.0 Å². The van der Waals surface area contributed by atoms with Crippen molar-refractivity contribution in [1.29, 1.82) is 0 Å². The van der Waals surface area contributed by atoms with E-state index in [1.807, 2.05) is 6.07 Å². The van der Waals surface area contributed by atoms with E-state index in [4.69, 9.17) is 18.9 Å². The van der Waals surface area contributed by atoms with Crippen LogP contribution in [0.25, 0.3) is 0 Å². The summed E-state index contributed by atoms with van der Waals surface area (Å²) in [7, 11) is 11.3. The number of likely N-dealkylation sites (N-methyl/N-ethyl adjacent to an activating group) is 1. The molecular weight excluding hydrogens is 422 g/mol. The van der Waals surface area contributed by atoms with Crippen LogP contribution in [-0.4, -0.2) is 53.6 Å². The summed E-state index contributed by atoms with van der Waals surface area (Å²) in [6, 6.07) is 8.61.